The fourth-order valence-electron chi connectivity index (χ4n) is 3.56. The summed E-state index contributed by atoms with van der Waals surface area (Å²) in [5.74, 6) is -1.27. The lowest BCUT2D eigenvalue weighted by molar-refractivity contribution is -0.133. The van der Waals surface area contributed by atoms with Gasteiger partial charge >= 0.3 is 6.03 Å². The zero-order valence-corrected chi connectivity index (χ0v) is 20.3. The Hall–Kier alpha value is -3.75. The van der Waals surface area contributed by atoms with Gasteiger partial charge in [0.15, 0.2) is 0 Å². The zero-order valence-electron chi connectivity index (χ0n) is 19.5. The zero-order chi connectivity index (χ0) is 25.4. The molecule has 1 aliphatic rings. The lowest BCUT2D eigenvalue weighted by Crippen LogP contribution is -2.42. The van der Waals surface area contributed by atoms with Crippen molar-refractivity contribution < 1.29 is 22.8 Å². The van der Waals surface area contributed by atoms with Crippen molar-refractivity contribution in [3.05, 3.63) is 58.7 Å². The molecular formula is C23H25N5O5S. The van der Waals surface area contributed by atoms with Crippen molar-refractivity contribution in [3.63, 3.8) is 0 Å². The first-order valence-corrected chi connectivity index (χ1v) is 11.7. The second-order valence-electron chi connectivity index (χ2n) is 8.38. The predicted molar refractivity (Wildman–Crippen MR) is 124 cm³/mol. The minimum atomic E-state index is -3.73. The Morgan fingerprint density at radius 2 is 1.79 bits per heavy atom. The fourth-order valence-corrected chi connectivity index (χ4v) is 4.58. The monoisotopic (exact) mass is 483 g/mol. The van der Waals surface area contributed by atoms with Crippen molar-refractivity contribution in [1.29, 1.82) is 5.26 Å². The van der Waals surface area contributed by atoms with E-state index in [1.807, 2.05) is 6.07 Å². The van der Waals surface area contributed by atoms with Crippen molar-refractivity contribution in [2.24, 2.45) is 0 Å². The fraction of sp³-hybridized carbons (Fsp3) is 0.304. The first kappa shape index (κ1) is 24.9. The lowest BCUT2D eigenvalue weighted by Gasteiger charge is -2.22. The van der Waals surface area contributed by atoms with Crippen LogP contribution in [0.3, 0.4) is 0 Å². The molecule has 1 atom stereocenters. The summed E-state index contributed by atoms with van der Waals surface area (Å²) in [6.45, 7) is 4.42. The van der Waals surface area contributed by atoms with Gasteiger partial charge in [-0.05, 0) is 61.7 Å². The van der Waals surface area contributed by atoms with E-state index in [1.54, 1.807) is 26.0 Å². The maximum Gasteiger partial charge on any atom is 0.325 e. The Labute approximate surface area is 198 Å². The van der Waals surface area contributed by atoms with Gasteiger partial charge in [-0.3, -0.25) is 14.5 Å². The van der Waals surface area contributed by atoms with E-state index in [-0.39, 0.29) is 10.6 Å². The molecule has 1 saturated heterocycles. The molecule has 2 aromatic rings. The van der Waals surface area contributed by atoms with Crippen molar-refractivity contribution in [2.45, 2.75) is 31.2 Å². The molecule has 0 radical (unpaired) electrons. The highest BCUT2D eigenvalue weighted by molar-refractivity contribution is 7.89. The first-order chi connectivity index (χ1) is 15.8. The molecular weight excluding hydrogens is 458 g/mol. The van der Waals surface area contributed by atoms with Gasteiger partial charge in [-0.25, -0.2) is 17.5 Å². The van der Waals surface area contributed by atoms with Gasteiger partial charge in [-0.2, -0.15) is 5.26 Å². The Balaban J connectivity index is 1.83. The SMILES string of the molecule is Cc1cc(S(=O)(=O)N(C)C)cc(NC(=O)CN2C(=O)NC(C)(c3ccc(C#N)cc3)C2=O)c1C. The van der Waals surface area contributed by atoms with Gasteiger partial charge in [0.2, 0.25) is 15.9 Å². The number of hydrogen-bond acceptors (Lipinski definition) is 6. The van der Waals surface area contributed by atoms with E-state index in [4.69, 9.17) is 5.26 Å². The van der Waals surface area contributed by atoms with Gasteiger partial charge in [0.25, 0.3) is 5.91 Å². The summed E-state index contributed by atoms with van der Waals surface area (Å²) in [6.07, 6.45) is 0. The Bertz CT molecular complexity index is 1330. The number of rotatable bonds is 6. The molecule has 11 heteroatoms. The topological polar surface area (TPSA) is 140 Å². The van der Waals surface area contributed by atoms with Crippen LogP contribution in [0.15, 0.2) is 41.3 Å². The number of sulfonamides is 1. The molecule has 1 fully saturated rings. The van der Waals surface area contributed by atoms with Gasteiger partial charge in [0.1, 0.15) is 12.1 Å². The summed E-state index contributed by atoms with van der Waals surface area (Å²) in [4.78, 5) is 39.2. The van der Waals surface area contributed by atoms with Crippen molar-refractivity contribution in [1.82, 2.24) is 14.5 Å². The number of anilines is 1. The maximum atomic E-state index is 13.1. The molecule has 0 saturated carbocycles. The number of amides is 4. The molecule has 0 spiro atoms. The van der Waals surface area contributed by atoms with Crippen LogP contribution in [0.25, 0.3) is 0 Å². The molecule has 0 aromatic heterocycles. The molecule has 4 amide bonds. The number of nitrogens with zero attached hydrogens (tertiary/aromatic N) is 3. The number of hydrogen-bond donors (Lipinski definition) is 2. The highest BCUT2D eigenvalue weighted by atomic mass is 32.2. The minimum absolute atomic E-state index is 0.0132. The third-order valence-corrected chi connectivity index (χ3v) is 7.65. The van der Waals surface area contributed by atoms with E-state index in [0.717, 1.165) is 9.21 Å². The number of imide groups is 1. The summed E-state index contributed by atoms with van der Waals surface area (Å²) in [7, 11) is -0.916. The molecule has 34 heavy (non-hydrogen) atoms. The third-order valence-electron chi connectivity index (χ3n) is 5.86. The number of aryl methyl sites for hydroxylation is 1. The van der Waals surface area contributed by atoms with Crippen LogP contribution in [0.5, 0.6) is 0 Å². The Morgan fingerprint density at radius 1 is 1.18 bits per heavy atom. The third kappa shape index (κ3) is 4.37. The van der Waals surface area contributed by atoms with Gasteiger partial charge < -0.3 is 10.6 Å². The van der Waals surface area contributed by atoms with Crippen LogP contribution < -0.4 is 10.6 Å². The second kappa shape index (κ2) is 8.89. The van der Waals surface area contributed by atoms with E-state index >= 15 is 0 Å². The molecule has 0 aliphatic carbocycles. The van der Waals surface area contributed by atoms with Crippen LogP contribution in [0.4, 0.5) is 10.5 Å². The van der Waals surface area contributed by atoms with Crippen molar-refractivity contribution >= 4 is 33.6 Å². The number of nitriles is 1. The van der Waals surface area contributed by atoms with Crippen molar-refractivity contribution in [2.75, 3.05) is 26.0 Å². The average molecular weight is 484 g/mol. The van der Waals surface area contributed by atoms with E-state index < -0.39 is 40.0 Å². The maximum absolute atomic E-state index is 13.1. The predicted octanol–water partition coefficient (Wildman–Crippen LogP) is 1.83. The summed E-state index contributed by atoms with van der Waals surface area (Å²) in [6, 6.07) is 10.3. The van der Waals surface area contributed by atoms with Crippen LogP contribution in [-0.4, -0.2) is 56.1 Å². The van der Waals surface area contributed by atoms with Crippen LogP contribution >= 0.6 is 0 Å². The molecule has 3 rings (SSSR count). The number of urea groups is 1. The molecule has 0 bridgehead atoms. The number of carbonyl (C=O) groups is 3. The van der Waals surface area contributed by atoms with Crippen LogP contribution in [0, 0.1) is 25.2 Å². The lowest BCUT2D eigenvalue weighted by atomic mass is 9.91. The summed E-state index contributed by atoms with van der Waals surface area (Å²) < 4.78 is 26.1. The Kier molecular flexibility index (Phi) is 6.50. The molecule has 1 aliphatic heterocycles. The smallest absolute Gasteiger partial charge is 0.324 e. The van der Waals surface area contributed by atoms with E-state index in [1.165, 1.54) is 45.3 Å². The Morgan fingerprint density at radius 3 is 2.35 bits per heavy atom. The molecule has 1 unspecified atom stereocenters. The minimum Gasteiger partial charge on any atom is -0.324 e. The van der Waals surface area contributed by atoms with Gasteiger partial charge in [0.05, 0.1) is 16.5 Å². The highest BCUT2D eigenvalue weighted by Gasteiger charge is 2.49. The molecule has 1 heterocycles. The van der Waals surface area contributed by atoms with Crippen LogP contribution in [0.1, 0.15) is 29.2 Å². The van der Waals surface area contributed by atoms with Gasteiger partial charge in [0, 0.05) is 19.8 Å². The molecule has 10 nitrogen and oxygen atoms in total. The number of nitrogens with one attached hydrogen (secondary N) is 2. The van der Waals surface area contributed by atoms with E-state index in [0.29, 0.717) is 22.3 Å². The summed E-state index contributed by atoms with van der Waals surface area (Å²) in [5.41, 5.74) is 1.07. The summed E-state index contributed by atoms with van der Waals surface area (Å²) in [5, 5.41) is 14.2. The van der Waals surface area contributed by atoms with Gasteiger partial charge in [-0.15, -0.1) is 0 Å². The number of benzene rings is 2. The quantitative estimate of drug-likeness (QED) is 0.601. The van der Waals surface area contributed by atoms with Crippen molar-refractivity contribution in [3.8, 4) is 6.07 Å². The number of carbonyl (C=O) groups excluding carboxylic acids is 3. The standard InChI is InChI=1S/C23H25N5O5S/c1-14-10-18(34(32,33)27(4)5)11-19(15(14)2)25-20(29)13-28-21(30)23(3,26-22(28)31)17-8-6-16(12-24)7-9-17/h6-11H,13H2,1-5H3,(H,25,29)(H,26,31). The van der Waals surface area contributed by atoms with Crippen LogP contribution in [0.2, 0.25) is 0 Å². The highest BCUT2D eigenvalue weighted by Crippen LogP contribution is 2.29. The molecule has 2 aromatic carbocycles. The summed E-state index contributed by atoms with van der Waals surface area (Å²) >= 11 is 0. The molecule has 178 valence electrons. The van der Waals surface area contributed by atoms with Crippen LogP contribution in [-0.2, 0) is 25.2 Å². The van der Waals surface area contributed by atoms with Gasteiger partial charge in [-0.1, -0.05) is 12.1 Å². The average Bonchev–Trinajstić information content (AvgIpc) is 3.00. The second-order valence-corrected chi connectivity index (χ2v) is 10.5. The largest absolute Gasteiger partial charge is 0.325 e. The normalized spacial score (nSPS) is 18.1. The van der Waals surface area contributed by atoms with E-state index in [2.05, 4.69) is 10.6 Å². The molecule has 2 N–H and O–H groups in total. The van der Waals surface area contributed by atoms with E-state index in [9.17, 15) is 22.8 Å². The first-order valence-electron chi connectivity index (χ1n) is 10.3.